The molecule has 0 aliphatic rings. The fourth-order valence-electron chi connectivity index (χ4n) is 11.1. The van der Waals surface area contributed by atoms with Crippen LogP contribution in [0.4, 0.5) is 0 Å². The van der Waals surface area contributed by atoms with Gasteiger partial charge >= 0.3 is 5.97 Å². The Balaban J connectivity index is 3.44. The number of rotatable bonds is 60. The van der Waals surface area contributed by atoms with Crippen LogP contribution < -0.4 is 152 Å². The Kier molecular flexibility index (Phi) is 50.8. The fourth-order valence-corrected chi connectivity index (χ4v) is 11.1. The molecule has 0 spiro atoms. The van der Waals surface area contributed by atoms with Gasteiger partial charge in [0.15, 0.2) is 41.7 Å². The number of carboxylic acids is 1. The number of guanidine groups is 7. The van der Waals surface area contributed by atoms with E-state index in [-0.39, 0.29) is 166 Å². The maximum Gasteiger partial charge on any atom is 0.326 e. The predicted octanol–water partition coefficient (Wildman–Crippen LogP) is -12.6. The van der Waals surface area contributed by atoms with Crippen LogP contribution in [0.15, 0.2) is 24.3 Å². The number of amides is 13. The number of carbonyl (C=O) groups excluding carboxylic acids is 13. The first-order valence-electron chi connectivity index (χ1n) is 38.8. The van der Waals surface area contributed by atoms with Crippen LogP contribution in [0, 0.1) is 43.8 Å². The maximum absolute atomic E-state index is 14.3. The molecular weight excluding hydrogens is 1590 g/mol. The second kappa shape index (κ2) is 58.3. The molecule has 0 bridgehead atoms. The highest BCUT2D eigenvalue weighted by atomic mass is 16.4. The van der Waals surface area contributed by atoms with E-state index in [2.05, 4.69) is 106 Å². The van der Waals surface area contributed by atoms with E-state index in [0.29, 0.717) is 12.0 Å². The lowest BCUT2D eigenvalue weighted by Gasteiger charge is -2.27. The first-order valence-corrected chi connectivity index (χ1v) is 38.8. The first kappa shape index (κ1) is 105. The molecule has 52 heteroatoms. The van der Waals surface area contributed by atoms with Gasteiger partial charge in [0, 0.05) is 52.2 Å². The molecule has 0 saturated carbocycles. The normalized spacial score (nSPS) is 13.7. The Morgan fingerprint density at radius 1 is 0.331 bits per heavy atom. The number of aliphatic carboxylic acids is 1. The summed E-state index contributed by atoms with van der Waals surface area (Å²) in [7, 11) is 0. The molecule has 1 aromatic carbocycles. The summed E-state index contributed by atoms with van der Waals surface area (Å²) >= 11 is 0. The van der Waals surface area contributed by atoms with Crippen molar-refractivity contribution in [1.29, 1.82) is 37.9 Å². The zero-order chi connectivity index (χ0) is 91.3. The Bertz CT molecular complexity index is 3670. The van der Waals surface area contributed by atoms with Crippen molar-refractivity contribution in [3.8, 4) is 5.75 Å². The minimum absolute atomic E-state index is 0.00240. The summed E-state index contributed by atoms with van der Waals surface area (Å²) in [6, 6.07) is -8.97. The number of phenolic OH excluding ortho intramolecular Hbond substituents is 1. The number of nitrogens with two attached hydrogens (primary N) is 8. The SMILES string of the molecule is CC[C@H](C)[C@H](NC(=O)CNC(=O)[C@H](CCCNC(=N)N)NC(=O)[C@H](CCCNC(=N)N)NC(=O)CNC(=O)[C@H](CCCNC(=N)N)NC(=O)CNC(=O)[C@@H](NC(=O)[C@H](CCCNC(=N)N)NC(=O)CNC(=O)[C@H](CCCNC(=N)N)NC(=O)[C@@H](N)CCCNC(=N)N)[C@@H](C)O)C(=O)N[C@@H](Cc1ccc(O)cc1)C(=O)N[C@@H](CCCNC(=N)N)C(=O)O. The van der Waals surface area contributed by atoms with Gasteiger partial charge in [-0.05, 0) is 120 Å². The van der Waals surface area contributed by atoms with Crippen molar-refractivity contribution >= 4 is 124 Å². The highest BCUT2D eigenvalue weighted by molar-refractivity contribution is 5.99. The highest BCUT2D eigenvalue weighted by Crippen LogP contribution is 2.15. The third kappa shape index (κ3) is 48.0. The molecule has 0 saturated heterocycles. The van der Waals surface area contributed by atoms with Crippen LogP contribution in [0.5, 0.6) is 5.75 Å². The second-order valence-corrected chi connectivity index (χ2v) is 27.8. The van der Waals surface area contributed by atoms with Gasteiger partial charge in [-0.15, -0.1) is 0 Å². The Morgan fingerprint density at radius 3 is 0.934 bits per heavy atom. The van der Waals surface area contributed by atoms with Crippen molar-refractivity contribution < 1.29 is 82.4 Å². The van der Waals surface area contributed by atoms with Crippen LogP contribution in [-0.4, -0.2) is 278 Å². The number of hydrogen-bond donors (Lipinski definition) is 38. The van der Waals surface area contributed by atoms with Gasteiger partial charge in [-0.3, -0.25) is 100 Å². The van der Waals surface area contributed by atoms with Gasteiger partial charge < -0.3 is 168 Å². The van der Waals surface area contributed by atoms with Gasteiger partial charge in [0.05, 0.1) is 38.3 Å². The zero-order valence-electron chi connectivity index (χ0n) is 68.0. The average Bonchev–Trinajstić information content (AvgIpc) is 0.820. The monoisotopic (exact) mass is 1720 g/mol. The van der Waals surface area contributed by atoms with E-state index in [4.69, 9.17) is 83.7 Å². The van der Waals surface area contributed by atoms with Crippen LogP contribution in [0.3, 0.4) is 0 Å². The van der Waals surface area contributed by atoms with Gasteiger partial charge in [0.25, 0.3) is 0 Å². The smallest absolute Gasteiger partial charge is 0.326 e. The molecule has 0 aromatic heterocycles. The van der Waals surface area contributed by atoms with Crippen molar-refractivity contribution in [2.24, 2.45) is 51.8 Å². The summed E-state index contributed by atoms with van der Waals surface area (Å²) in [6.07, 6.45) is -1.64. The number of phenols is 1. The molecule has 0 aliphatic carbocycles. The van der Waals surface area contributed by atoms with Crippen molar-refractivity contribution in [2.45, 2.75) is 190 Å². The molecule has 0 aliphatic heterocycles. The molecule has 46 N–H and O–H groups in total. The number of aliphatic hydroxyl groups excluding tert-OH is 1. The summed E-state index contributed by atoms with van der Waals surface area (Å²) in [5.74, 6) is -17.4. The molecule has 1 aromatic rings. The minimum atomic E-state index is -1.84. The Hall–Kier alpha value is -13.6. The zero-order valence-corrected chi connectivity index (χ0v) is 68.0. The lowest BCUT2D eigenvalue weighted by atomic mass is 9.97. The van der Waals surface area contributed by atoms with Gasteiger partial charge in [0.2, 0.25) is 76.8 Å². The van der Waals surface area contributed by atoms with Crippen molar-refractivity contribution in [3.05, 3.63) is 29.8 Å². The average molecular weight is 1720 g/mol. The van der Waals surface area contributed by atoms with Crippen molar-refractivity contribution in [2.75, 3.05) is 72.0 Å². The quantitative estimate of drug-likeness (QED) is 0.0164. The minimum Gasteiger partial charge on any atom is -0.508 e. The number of carboxylic acid groups (broad SMARTS) is 1. The van der Waals surface area contributed by atoms with E-state index in [1.807, 2.05) is 0 Å². The summed E-state index contributed by atoms with van der Waals surface area (Å²) in [5, 5.41) is 133. The Labute approximate surface area is 698 Å². The largest absolute Gasteiger partial charge is 0.508 e. The molecule has 0 fully saturated rings. The van der Waals surface area contributed by atoms with E-state index in [1.165, 1.54) is 24.3 Å². The number of hydrogen-bond acceptors (Lipinski definition) is 24. The molecule has 12 atom stereocenters. The molecule has 1 rings (SSSR count). The molecule has 0 heterocycles. The van der Waals surface area contributed by atoms with Crippen molar-refractivity contribution in [1.82, 2.24) is 106 Å². The third-order valence-corrected chi connectivity index (χ3v) is 17.7. The standard InChI is InChI=1S/C69H125N35O17/c1-4-35(2)51(61(119)102-46(30-37-19-21-38(106)22-20-37)59(117)101-45(62(120)121)18-11-29-91-69(83)84)103-50(110)34-94-56(114)42(15-8-26-88-66(77)78)100-57(115)43(16-9-27-89-67(79)80)97-47(107)31-92-54(112)40(13-6-24-86-64(73)74)96-49(109)33-95-60(118)52(36(3)105)104-58(116)44(17-10-28-90-68(81)82)98-48(108)32-93-55(113)41(14-7-25-87-65(75)76)99-53(111)39(70)12-5-23-85-63(71)72/h19-22,35-36,39-46,51-52,105-106H,4-18,23-34,70H2,1-3H3,(H,92,112)(H,93,113)(H,94,114)(H,95,118)(H,96,109)(H,97,107)(H,98,108)(H,99,111)(H,100,115)(H,101,117)(H,102,119)(H,103,110)(H,104,116)(H,120,121)(H4,71,72,85)(H4,73,74,86)(H4,75,76,87)(H4,77,78,88)(H4,79,80,89)(H4,81,82,90)(H4,83,84,91)/t35-,36+,39-,40-,41-,42-,43-,44-,45-,46-,51-,52-/m0/s1. The first-order chi connectivity index (χ1) is 57.0. The van der Waals surface area contributed by atoms with E-state index < -0.39 is 205 Å². The van der Waals surface area contributed by atoms with Gasteiger partial charge in [-0.1, -0.05) is 32.4 Å². The highest BCUT2D eigenvalue weighted by Gasteiger charge is 2.36. The molecule has 52 nitrogen and oxygen atoms in total. The number of aliphatic hydroxyl groups is 1. The van der Waals surface area contributed by atoms with Gasteiger partial charge in [-0.25, -0.2) is 4.79 Å². The second-order valence-electron chi connectivity index (χ2n) is 27.8. The van der Waals surface area contributed by atoms with E-state index in [1.54, 1.807) is 13.8 Å². The molecular formula is C69H125N35O17. The summed E-state index contributed by atoms with van der Waals surface area (Å²) in [5.41, 5.74) is 44.3. The summed E-state index contributed by atoms with van der Waals surface area (Å²) < 4.78 is 0. The van der Waals surface area contributed by atoms with Crippen molar-refractivity contribution in [3.63, 3.8) is 0 Å². The molecule has 678 valence electrons. The number of nitrogens with one attached hydrogen (secondary N) is 27. The maximum atomic E-state index is 14.3. The Morgan fingerprint density at radius 2 is 0.603 bits per heavy atom. The van der Waals surface area contributed by atoms with Crippen LogP contribution >= 0.6 is 0 Å². The van der Waals surface area contributed by atoms with Crippen LogP contribution in [0.1, 0.15) is 123 Å². The molecule has 0 radical (unpaired) electrons. The van der Waals surface area contributed by atoms with Crippen LogP contribution in [0.25, 0.3) is 0 Å². The molecule has 121 heavy (non-hydrogen) atoms. The van der Waals surface area contributed by atoms with Gasteiger partial charge in [0.1, 0.15) is 60.1 Å². The van der Waals surface area contributed by atoms with E-state index >= 15 is 0 Å². The lowest BCUT2D eigenvalue weighted by Crippen LogP contribution is -2.59. The van der Waals surface area contributed by atoms with Crippen LogP contribution in [0.2, 0.25) is 0 Å². The third-order valence-electron chi connectivity index (χ3n) is 17.7. The van der Waals surface area contributed by atoms with Crippen LogP contribution in [-0.2, 0) is 73.5 Å². The summed E-state index contributed by atoms with van der Waals surface area (Å²) in [6.45, 7) is 1.45. The summed E-state index contributed by atoms with van der Waals surface area (Å²) in [4.78, 5) is 192. The van der Waals surface area contributed by atoms with E-state index in [0.717, 1.165) is 6.92 Å². The topological polar surface area (TPSA) is 915 Å². The molecule has 13 amide bonds. The molecule has 0 unspecified atom stereocenters. The van der Waals surface area contributed by atoms with E-state index in [9.17, 15) is 82.4 Å². The predicted molar refractivity (Wildman–Crippen MR) is 442 cm³/mol. The number of carbonyl (C=O) groups is 14. The number of aromatic hydroxyl groups is 1. The lowest BCUT2D eigenvalue weighted by molar-refractivity contribution is -0.142. The van der Waals surface area contributed by atoms with Gasteiger partial charge in [-0.2, -0.15) is 0 Å². The fraction of sp³-hybridized carbons (Fsp3) is 0.609. The number of benzene rings is 1.